The number of benzene rings is 8. The predicted molar refractivity (Wildman–Crippen MR) is 183 cm³/mol. The molecule has 0 aliphatic carbocycles. The Kier molecular flexibility index (Phi) is 5.27. The Hall–Kier alpha value is -5.66. The lowest BCUT2D eigenvalue weighted by Crippen LogP contribution is -1.91. The molecule has 1 heteroatoms. The van der Waals surface area contributed by atoms with E-state index in [2.05, 4.69) is 146 Å². The first-order valence-electron chi connectivity index (χ1n) is 14.8. The summed E-state index contributed by atoms with van der Waals surface area (Å²) in [6.45, 7) is 0. The molecule has 9 aromatic rings. The molecular weight excluding hydrogens is 520 g/mol. The van der Waals surface area contributed by atoms with Crippen molar-refractivity contribution in [3.8, 4) is 33.4 Å². The number of furan rings is 1. The molecule has 1 heterocycles. The van der Waals surface area contributed by atoms with Gasteiger partial charge in [0.25, 0.3) is 0 Å². The fraction of sp³-hybridized carbons (Fsp3) is 0. The van der Waals surface area contributed by atoms with Gasteiger partial charge in [-0.25, -0.2) is 0 Å². The van der Waals surface area contributed by atoms with Crippen LogP contribution in [-0.2, 0) is 0 Å². The van der Waals surface area contributed by atoms with Gasteiger partial charge in [0, 0.05) is 10.8 Å². The van der Waals surface area contributed by atoms with E-state index in [1.54, 1.807) is 0 Å². The number of para-hydroxylation sites is 1. The molecule has 0 aliphatic heterocycles. The average Bonchev–Trinajstić information content (AvgIpc) is 3.45. The molecule has 9 rings (SSSR count). The van der Waals surface area contributed by atoms with Gasteiger partial charge in [-0.05, 0) is 96.0 Å². The Balaban J connectivity index is 1.29. The van der Waals surface area contributed by atoms with E-state index < -0.39 is 0 Å². The fourth-order valence-corrected chi connectivity index (χ4v) is 6.85. The van der Waals surface area contributed by atoms with Crippen LogP contribution in [0, 0.1) is 0 Å². The first-order chi connectivity index (χ1) is 21.3. The third-order valence-electron chi connectivity index (χ3n) is 8.83. The fourth-order valence-electron chi connectivity index (χ4n) is 6.85. The summed E-state index contributed by atoms with van der Waals surface area (Å²) in [5, 5.41) is 9.79. The molecule has 0 spiro atoms. The monoisotopic (exact) mass is 546 g/mol. The zero-order valence-corrected chi connectivity index (χ0v) is 23.4. The summed E-state index contributed by atoms with van der Waals surface area (Å²) in [4.78, 5) is 0. The number of hydrogen-bond acceptors (Lipinski definition) is 1. The van der Waals surface area contributed by atoms with Crippen LogP contribution in [0.5, 0.6) is 0 Å². The van der Waals surface area contributed by atoms with Gasteiger partial charge in [0.2, 0.25) is 0 Å². The highest BCUT2D eigenvalue weighted by molar-refractivity contribution is 6.22. The molecule has 8 aromatic carbocycles. The maximum Gasteiger partial charge on any atom is 0.136 e. The van der Waals surface area contributed by atoms with E-state index in [1.807, 2.05) is 12.1 Å². The molecule has 1 nitrogen and oxygen atoms in total. The largest absolute Gasteiger partial charge is 0.456 e. The molecule has 1 aromatic heterocycles. The summed E-state index contributed by atoms with van der Waals surface area (Å²) in [6.07, 6.45) is 0. The average molecular weight is 547 g/mol. The normalized spacial score (nSPS) is 11.7. The first-order valence-corrected chi connectivity index (χ1v) is 14.8. The standard InChI is InChI=1S/C42H26O/c1-2-11-28-24-30(21-20-27(28)10-1)29-12-9-13-31(25-29)41-35-15-3-5-17-37(35)42(38-18-6-4-16-36(38)41)32-22-23-34-33-14-7-8-19-39(33)43-40(34)26-32/h1-26H. The number of hydrogen-bond donors (Lipinski definition) is 0. The van der Waals surface area contributed by atoms with E-state index in [1.165, 1.54) is 60.1 Å². The van der Waals surface area contributed by atoms with Gasteiger partial charge >= 0.3 is 0 Å². The molecule has 0 aliphatic rings. The SMILES string of the molecule is c1cc(-c2ccc3ccccc3c2)cc(-c2c3ccccc3c(-c3ccc4c(c3)oc3ccccc34)c3ccccc23)c1. The van der Waals surface area contributed by atoms with Crippen LogP contribution in [0.25, 0.3) is 87.6 Å². The van der Waals surface area contributed by atoms with Gasteiger partial charge in [-0.2, -0.15) is 0 Å². The predicted octanol–water partition coefficient (Wildman–Crippen LogP) is 12.0. The Morgan fingerprint density at radius 3 is 1.51 bits per heavy atom. The quantitative estimate of drug-likeness (QED) is 0.201. The molecule has 0 radical (unpaired) electrons. The van der Waals surface area contributed by atoms with Gasteiger partial charge in [0.05, 0.1) is 0 Å². The molecule has 0 amide bonds. The van der Waals surface area contributed by atoms with Crippen LogP contribution in [0.3, 0.4) is 0 Å². The zero-order chi connectivity index (χ0) is 28.3. The summed E-state index contributed by atoms with van der Waals surface area (Å²) in [5.74, 6) is 0. The molecule has 0 N–H and O–H groups in total. The van der Waals surface area contributed by atoms with Crippen LogP contribution in [0.4, 0.5) is 0 Å². The van der Waals surface area contributed by atoms with E-state index in [-0.39, 0.29) is 0 Å². The summed E-state index contributed by atoms with van der Waals surface area (Å²) < 4.78 is 6.31. The van der Waals surface area contributed by atoms with Crippen molar-refractivity contribution in [3.05, 3.63) is 158 Å². The molecule has 0 unspecified atom stereocenters. The maximum atomic E-state index is 6.31. The summed E-state index contributed by atoms with van der Waals surface area (Å²) >= 11 is 0. The number of fused-ring (bicyclic) bond motifs is 6. The van der Waals surface area contributed by atoms with E-state index in [0.717, 1.165) is 27.5 Å². The summed E-state index contributed by atoms with van der Waals surface area (Å²) in [7, 11) is 0. The number of rotatable bonds is 3. The van der Waals surface area contributed by atoms with Crippen molar-refractivity contribution >= 4 is 54.3 Å². The molecule has 0 saturated heterocycles. The second-order valence-corrected chi connectivity index (χ2v) is 11.3. The van der Waals surface area contributed by atoms with E-state index in [0.29, 0.717) is 0 Å². The lowest BCUT2D eigenvalue weighted by Gasteiger charge is -2.18. The van der Waals surface area contributed by atoms with Gasteiger partial charge in [0.1, 0.15) is 11.2 Å². The van der Waals surface area contributed by atoms with Crippen LogP contribution in [0.2, 0.25) is 0 Å². The van der Waals surface area contributed by atoms with E-state index >= 15 is 0 Å². The first kappa shape index (κ1) is 24.0. The highest BCUT2D eigenvalue weighted by atomic mass is 16.3. The third kappa shape index (κ3) is 3.79. The van der Waals surface area contributed by atoms with Gasteiger partial charge in [0.15, 0.2) is 0 Å². The molecule has 0 bridgehead atoms. The molecule has 0 saturated carbocycles. The van der Waals surface area contributed by atoms with Crippen molar-refractivity contribution in [1.82, 2.24) is 0 Å². The molecular formula is C42H26O. The minimum Gasteiger partial charge on any atom is -0.456 e. The van der Waals surface area contributed by atoms with Gasteiger partial charge in [-0.1, -0.05) is 127 Å². The summed E-state index contributed by atoms with van der Waals surface area (Å²) in [5.41, 5.74) is 9.17. The highest BCUT2D eigenvalue weighted by Crippen LogP contribution is 2.45. The molecule has 0 fully saturated rings. The summed E-state index contributed by atoms with van der Waals surface area (Å²) in [6, 6.07) is 56.9. The maximum absolute atomic E-state index is 6.31. The van der Waals surface area contributed by atoms with Crippen molar-refractivity contribution in [3.63, 3.8) is 0 Å². The van der Waals surface area contributed by atoms with Crippen molar-refractivity contribution in [2.45, 2.75) is 0 Å². The second kappa shape index (κ2) is 9.44. The van der Waals surface area contributed by atoms with Crippen LogP contribution in [-0.4, -0.2) is 0 Å². The van der Waals surface area contributed by atoms with Crippen LogP contribution >= 0.6 is 0 Å². The Labute approximate surface area is 249 Å². The van der Waals surface area contributed by atoms with Gasteiger partial charge in [-0.15, -0.1) is 0 Å². The minimum absolute atomic E-state index is 0.916. The van der Waals surface area contributed by atoms with Crippen LogP contribution < -0.4 is 0 Å². The Morgan fingerprint density at radius 1 is 0.279 bits per heavy atom. The van der Waals surface area contributed by atoms with Crippen LogP contribution in [0.15, 0.2) is 162 Å². The van der Waals surface area contributed by atoms with Gasteiger partial charge < -0.3 is 4.42 Å². The van der Waals surface area contributed by atoms with Crippen molar-refractivity contribution in [2.75, 3.05) is 0 Å². The topological polar surface area (TPSA) is 13.1 Å². The van der Waals surface area contributed by atoms with Crippen LogP contribution in [0.1, 0.15) is 0 Å². The highest BCUT2D eigenvalue weighted by Gasteiger charge is 2.18. The van der Waals surface area contributed by atoms with Crippen molar-refractivity contribution in [1.29, 1.82) is 0 Å². The Morgan fingerprint density at radius 2 is 0.791 bits per heavy atom. The van der Waals surface area contributed by atoms with Gasteiger partial charge in [-0.3, -0.25) is 0 Å². The molecule has 43 heavy (non-hydrogen) atoms. The minimum atomic E-state index is 0.916. The zero-order valence-electron chi connectivity index (χ0n) is 23.4. The molecule has 200 valence electrons. The lowest BCUT2D eigenvalue weighted by atomic mass is 9.85. The van der Waals surface area contributed by atoms with E-state index in [9.17, 15) is 0 Å². The smallest absolute Gasteiger partial charge is 0.136 e. The van der Waals surface area contributed by atoms with E-state index in [4.69, 9.17) is 4.42 Å². The third-order valence-corrected chi connectivity index (χ3v) is 8.83. The van der Waals surface area contributed by atoms with Crippen molar-refractivity contribution in [2.24, 2.45) is 0 Å². The Bertz CT molecular complexity index is 2460. The molecule has 0 atom stereocenters. The second-order valence-electron chi connectivity index (χ2n) is 11.3. The van der Waals surface area contributed by atoms with Crippen molar-refractivity contribution < 1.29 is 4.42 Å². The lowest BCUT2D eigenvalue weighted by molar-refractivity contribution is 0.669.